The van der Waals surface area contributed by atoms with Crippen LogP contribution in [0.25, 0.3) is 0 Å². The lowest BCUT2D eigenvalue weighted by Gasteiger charge is -2.09. The number of carbonyl (C=O) groups excluding carboxylic acids is 2. The van der Waals surface area contributed by atoms with Crippen LogP contribution in [0, 0.1) is 0 Å². The average Bonchev–Trinajstić information content (AvgIpc) is 2.61. The zero-order valence-corrected chi connectivity index (χ0v) is 17.0. The quantitative estimate of drug-likeness (QED) is 0.417. The second-order valence-electron chi connectivity index (χ2n) is 5.36. The van der Waals surface area contributed by atoms with Crippen molar-refractivity contribution in [2.75, 3.05) is 18.5 Å². The highest BCUT2D eigenvalue weighted by atomic mass is 35.5. The molecule has 0 aliphatic heterocycles. The molecule has 144 valence electrons. The topological polar surface area (TPSA) is 64.6 Å². The van der Waals surface area contributed by atoms with E-state index in [-0.39, 0.29) is 13.0 Å². The number of ether oxygens (including phenoxy) is 2. The minimum Gasteiger partial charge on any atom is -0.492 e. The van der Waals surface area contributed by atoms with Crippen molar-refractivity contribution in [2.24, 2.45) is 0 Å². The number of amides is 1. The first-order chi connectivity index (χ1) is 12.8. The first kappa shape index (κ1) is 21.6. The van der Waals surface area contributed by atoms with E-state index in [1.54, 1.807) is 30.3 Å². The van der Waals surface area contributed by atoms with Gasteiger partial charge in [-0.05, 0) is 42.8 Å². The summed E-state index contributed by atoms with van der Waals surface area (Å²) in [5.74, 6) is -0.508. The summed E-state index contributed by atoms with van der Waals surface area (Å²) in [7, 11) is 0. The fraction of sp³-hybridized carbons (Fsp3) is 0.222. The standard InChI is InChI=1S/C18H15Cl4NO4/c19-11-3-6-16(15(22)8-11)26-7-1-2-18(25)27-10-17(24)23-12-4-5-13(20)14(21)9-12/h3-6,8-9H,1-2,7,10H2,(H,23,24). The summed E-state index contributed by atoms with van der Waals surface area (Å²) in [4.78, 5) is 23.5. The molecule has 2 aromatic rings. The number of hydrogen-bond donors (Lipinski definition) is 1. The molecule has 0 fully saturated rings. The zero-order chi connectivity index (χ0) is 19.8. The molecular formula is C18H15Cl4NO4. The largest absolute Gasteiger partial charge is 0.492 e. The van der Waals surface area contributed by atoms with E-state index in [2.05, 4.69) is 5.32 Å². The summed E-state index contributed by atoms with van der Waals surface area (Å²) in [6.07, 6.45) is 0.511. The molecule has 0 radical (unpaired) electrons. The molecule has 0 aromatic heterocycles. The predicted molar refractivity (Wildman–Crippen MR) is 107 cm³/mol. The van der Waals surface area contributed by atoms with Crippen LogP contribution in [0.3, 0.4) is 0 Å². The molecule has 2 aromatic carbocycles. The Labute approximate surface area is 176 Å². The zero-order valence-electron chi connectivity index (χ0n) is 13.9. The third kappa shape index (κ3) is 7.46. The molecule has 2 rings (SSSR count). The Bertz CT molecular complexity index is 829. The second kappa shape index (κ2) is 10.6. The third-order valence-corrected chi connectivity index (χ3v) is 4.51. The summed E-state index contributed by atoms with van der Waals surface area (Å²) in [5.41, 5.74) is 0.457. The average molecular weight is 451 g/mol. The van der Waals surface area contributed by atoms with Crippen LogP contribution in [0.1, 0.15) is 12.8 Å². The van der Waals surface area contributed by atoms with Gasteiger partial charge < -0.3 is 14.8 Å². The van der Waals surface area contributed by atoms with Crippen LogP contribution in [0.15, 0.2) is 36.4 Å². The van der Waals surface area contributed by atoms with Crippen molar-refractivity contribution in [3.05, 3.63) is 56.5 Å². The van der Waals surface area contributed by atoms with Gasteiger partial charge in [0.25, 0.3) is 5.91 Å². The lowest BCUT2D eigenvalue weighted by Crippen LogP contribution is -2.21. The SMILES string of the molecule is O=C(COC(=O)CCCOc1ccc(Cl)cc1Cl)Nc1ccc(Cl)c(Cl)c1. The Hall–Kier alpha value is -1.66. The van der Waals surface area contributed by atoms with E-state index in [1.807, 2.05) is 0 Å². The number of rotatable bonds is 8. The Morgan fingerprint density at radius 1 is 0.926 bits per heavy atom. The van der Waals surface area contributed by atoms with Gasteiger partial charge in [-0.3, -0.25) is 9.59 Å². The summed E-state index contributed by atoms with van der Waals surface area (Å²) < 4.78 is 10.4. The first-order valence-corrected chi connectivity index (χ1v) is 9.34. The van der Waals surface area contributed by atoms with Crippen LogP contribution in [0.4, 0.5) is 5.69 Å². The molecule has 0 saturated carbocycles. The highest BCUT2D eigenvalue weighted by molar-refractivity contribution is 6.42. The molecule has 9 heteroatoms. The van der Waals surface area contributed by atoms with Crippen molar-refractivity contribution in [3.8, 4) is 5.75 Å². The lowest BCUT2D eigenvalue weighted by molar-refractivity contribution is -0.147. The fourth-order valence-corrected chi connectivity index (χ4v) is 2.74. The molecule has 0 unspecified atom stereocenters. The number of halogens is 4. The van der Waals surface area contributed by atoms with Gasteiger partial charge in [0.1, 0.15) is 5.75 Å². The summed E-state index contributed by atoms with van der Waals surface area (Å²) in [6.45, 7) is -0.130. The second-order valence-corrected chi connectivity index (χ2v) is 7.02. The monoisotopic (exact) mass is 449 g/mol. The van der Waals surface area contributed by atoms with Crippen LogP contribution in [-0.2, 0) is 14.3 Å². The summed E-state index contributed by atoms with van der Waals surface area (Å²) in [5, 5.41) is 4.15. The van der Waals surface area contributed by atoms with E-state index >= 15 is 0 Å². The fourth-order valence-electron chi connectivity index (χ4n) is 1.98. The first-order valence-electron chi connectivity index (χ1n) is 7.83. The van der Waals surface area contributed by atoms with Crippen LogP contribution in [-0.4, -0.2) is 25.1 Å². The molecule has 0 saturated heterocycles. The van der Waals surface area contributed by atoms with Crippen LogP contribution in [0.2, 0.25) is 20.1 Å². The van der Waals surface area contributed by atoms with Crippen molar-refractivity contribution in [2.45, 2.75) is 12.8 Å². The van der Waals surface area contributed by atoms with Crippen LogP contribution >= 0.6 is 46.4 Å². The van der Waals surface area contributed by atoms with Gasteiger partial charge in [0.15, 0.2) is 6.61 Å². The van der Waals surface area contributed by atoms with Gasteiger partial charge in [-0.1, -0.05) is 46.4 Å². The molecule has 5 nitrogen and oxygen atoms in total. The van der Waals surface area contributed by atoms with E-state index < -0.39 is 18.5 Å². The van der Waals surface area contributed by atoms with Crippen molar-refractivity contribution < 1.29 is 19.1 Å². The van der Waals surface area contributed by atoms with Crippen LogP contribution in [0.5, 0.6) is 5.75 Å². The van der Waals surface area contributed by atoms with Crippen molar-refractivity contribution >= 4 is 64.0 Å². The molecule has 27 heavy (non-hydrogen) atoms. The predicted octanol–water partition coefficient (Wildman–Crippen LogP) is 5.64. The van der Waals surface area contributed by atoms with Crippen molar-refractivity contribution in [1.29, 1.82) is 0 Å². The molecule has 0 spiro atoms. The Balaban J connectivity index is 1.65. The minimum atomic E-state index is -0.509. The van der Waals surface area contributed by atoms with Crippen LogP contribution < -0.4 is 10.1 Å². The van der Waals surface area contributed by atoms with Gasteiger partial charge in [0.05, 0.1) is 21.7 Å². The van der Waals surface area contributed by atoms with E-state index in [0.29, 0.717) is 37.9 Å². The van der Waals surface area contributed by atoms with Gasteiger partial charge in [-0.2, -0.15) is 0 Å². The van der Waals surface area contributed by atoms with Gasteiger partial charge in [-0.15, -0.1) is 0 Å². The van der Waals surface area contributed by atoms with Gasteiger partial charge in [0, 0.05) is 17.1 Å². The molecule has 1 N–H and O–H groups in total. The van der Waals surface area contributed by atoms with Gasteiger partial charge >= 0.3 is 5.97 Å². The smallest absolute Gasteiger partial charge is 0.306 e. The molecule has 0 aliphatic carbocycles. The number of esters is 1. The third-order valence-electron chi connectivity index (χ3n) is 3.24. The van der Waals surface area contributed by atoms with E-state index in [1.165, 1.54) is 6.07 Å². The van der Waals surface area contributed by atoms with E-state index in [9.17, 15) is 9.59 Å². The number of nitrogens with one attached hydrogen (secondary N) is 1. The normalized spacial score (nSPS) is 10.4. The maximum Gasteiger partial charge on any atom is 0.306 e. The number of anilines is 1. The highest BCUT2D eigenvalue weighted by Crippen LogP contribution is 2.27. The molecule has 0 bridgehead atoms. The van der Waals surface area contributed by atoms with E-state index in [0.717, 1.165) is 0 Å². The minimum absolute atomic E-state index is 0.102. The van der Waals surface area contributed by atoms with Crippen molar-refractivity contribution in [3.63, 3.8) is 0 Å². The number of hydrogen-bond acceptors (Lipinski definition) is 4. The molecule has 0 heterocycles. The van der Waals surface area contributed by atoms with Gasteiger partial charge in [-0.25, -0.2) is 0 Å². The maximum absolute atomic E-state index is 11.8. The molecular weight excluding hydrogens is 436 g/mol. The maximum atomic E-state index is 11.8. The summed E-state index contributed by atoms with van der Waals surface area (Å²) in [6, 6.07) is 9.52. The molecule has 0 aliphatic rings. The Morgan fingerprint density at radius 3 is 2.41 bits per heavy atom. The van der Waals surface area contributed by atoms with E-state index in [4.69, 9.17) is 55.9 Å². The number of carbonyl (C=O) groups is 2. The van der Waals surface area contributed by atoms with Crippen molar-refractivity contribution in [1.82, 2.24) is 0 Å². The highest BCUT2D eigenvalue weighted by Gasteiger charge is 2.09. The number of benzene rings is 2. The van der Waals surface area contributed by atoms with Gasteiger partial charge in [0.2, 0.25) is 0 Å². The lowest BCUT2D eigenvalue weighted by atomic mass is 10.3. The Kier molecular flexibility index (Phi) is 8.51. The molecule has 1 amide bonds. The summed E-state index contributed by atoms with van der Waals surface area (Å²) >= 11 is 23.4. The Morgan fingerprint density at radius 2 is 1.70 bits per heavy atom. The molecule has 0 atom stereocenters.